The van der Waals surface area contributed by atoms with Crippen LogP contribution in [0.5, 0.6) is 0 Å². The van der Waals surface area contributed by atoms with E-state index < -0.39 is 0 Å². The highest BCUT2D eigenvalue weighted by Crippen LogP contribution is 2.30. The highest BCUT2D eigenvalue weighted by molar-refractivity contribution is 5.57. The summed E-state index contributed by atoms with van der Waals surface area (Å²) in [7, 11) is 0. The van der Waals surface area contributed by atoms with E-state index in [-0.39, 0.29) is 5.56 Å². The van der Waals surface area contributed by atoms with Crippen molar-refractivity contribution in [2.75, 3.05) is 0 Å². The average Bonchev–Trinajstić information content (AvgIpc) is 3.05. The van der Waals surface area contributed by atoms with Gasteiger partial charge in [0, 0.05) is 30.6 Å². The lowest BCUT2D eigenvalue weighted by molar-refractivity contribution is 0.549. The van der Waals surface area contributed by atoms with Crippen molar-refractivity contribution in [3.63, 3.8) is 0 Å². The van der Waals surface area contributed by atoms with E-state index in [2.05, 4.69) is 10.1 Å². The predicted molar refractivity (Wildman–Crippen MR) is 61.0 cm³/mol. The molecule has 1 aliphatic carbocycles. The first kappa shape index (κ1) is 9.39. The van der Waals surface area contributed by atoms with Crippen LogP contribution in [0, 0.1) is 5.92 Å². The van der Waals surface area contributed by atoms with Crippen molar-refractivity contribution >= 4 is 0 Å². The van der Waals surface area contributed by atoms with Crippen LogP contribution in [0.4, 0.5) is 0 Å². The number of rotatable bonds is 3. The molecule has 4 nitrogen and oxygen atoms in total. The van der Waals surface area contributed by atoms with Crippen LogP contribution < -0.4 is 5.56 Å². The molecule has 0 radical (unpaired) electrons. The van der Waals surface area contributed by atoms with Gasteiger partial charge in [0.2, 0.25) is 0 Å². The Kier molecular flexibility index (Phi) is 2.13. The minimum Gasteiger partial charge on any atom is -0.295 e. The Morgan fingerprint density at radius 1 is 1.38 bits per heavy atom. The molecule has 1 aliphatic rings. The molecule has 16 heavy (non-hydrogen) atoms. The number of hydrogen-bond acceptors (Lipinski definition) is 2. The van der Waals surface area contributed by atoms with Crippen LogP contribution in [0.1, 0.15) is 12.8 Å². The summed E-state index contributed by atoms with van der Waals surface area (Å²) in [5.41, 5.74) is 1.92. The molecular formula is C12H13N3O. The Balaban J connectivity index is 1.94. The molecule has 0 amide bonds. The zero-order valence-corrected chi connectivity index (χ0v) is 8.89. The number of nitrogens with one attached hydrogen (secondary N) is 1. The Bertz CT molecular complexity index is 537. The number of nitrogens with zero attached hydrogens (tertiary/aromatic N) is 2. The van der Waals surface area contributed by atoms with Gasteiger partial charge in [0.15, 0.2) is 0 Å². The van der Waals surface area contributed by atoms with Gasteiger partial charge in [-0.3, -0.25) is 19.6 Å². The molecule has 2 heterocycles. The second-order valence-electron chi connectivity index (χ2n) is 4.30. The highest BCUT2D eigenvalue weighted by atomic mass is 16.1. The Morgan fingerprint density at radius 3 is 2.81 bits per heavy atom. The van der Waals surface area contributed by atoms with Gasteiger partial charge >= 0.3 is 0 Å². The molecule has 82 valence electrons. The number of pyridine rings is 1. The van der Waals surface area contributed by atoms with E-state index in [1.807, 2.05) is 12.1 Å². The molecule has 3 rings (SSSR count). The van der Waals surface area contributed by atoms with Gasteiger partial charge in [-0.2, -0.15) is 0 Å². The Hall–Kier alpha value is -1.84. The summed E-state index contributed by atoms with van der Waals surface area (Å²) < 4.78 is 1.70. The van der Waals surface area contributed by atoms with Gasteiger partial charge in [0.1, 0.15) is 0 Å². The van der Waals surface area contributed by atoms with Gasteiger partial charge in [-0.1, -0.05) is 0 Å². The van der Waals surface area contributed by atoms with E-state index in [4.69, 9.17) is 0 Å². The molecule has 0 atom stereocenters. The first-order valence-corrected chi connectivity index (χ1v) is 5.53. The molecule has 1 N–H and O–H groups in total. The van der Waals surface area contributed by atoms with Crippen LogP contribution in [0.3, 0.4) is 0 Å². The van der Waals surface area contributed by atoms with E-state index in [1.54, 1.807) is 23.1 Å². The van der Waals surface area contributed by atoms with Crippen LogP contribution in [0.25, 0.3) is 11.3 Å². The summed E-state index contributed by atoms with van der Waals surface area (Å²) in [5.74, 6) is 0.696. The molecule has 0 saturated heterocycles. The van der Waals surface area contributed by atoms with Gasteiger partial charge < -0.3 is 0 Å². The third-order valence-corrected chi connectivity index (χ3v) is 2.92. The largest absolute Gasteiger partial charge is 0.295 e. The van der Waals surface area contributed by atoms with Gasteiger partial charge in [0.05, 0.1) is 5.69 Å². The quantitative estimate of drug-likeness (QED) is 0.846. The van der Waals surface area contributed by atoms with Crippen molar-refractivity contribution in [1.29, 1.82) is 0 Å². The first-order valence-electron chi connectivity index (χ1n) is 5.53. The van der Waals surface area contributed by atoms with E-state index in [1.165, 1.54) is 12.8 Å². The van der Waals surface area contributed by atoms with Gasteiger partial charge in [-0.15, -0.1) is 0 Å². The minimum absolute atomic E-state index is 0.0544. The van der Waals surface area contributed by atoms with Crippen molar-refractivity contribution in [1.82, 2.24) is 14.8 Å². The van der Waals surface area contributed by atoms with Crippen molar-refractivity contribution in [3.05, 3.63) is 40.9 Å². The van der Waals surface area contributed by atoms with Crippen molar-refractivity contribution in [3.8, 4) is 11.3 Å². The lowest BCUT2D eigenvalue weighted by Crippen LogP contribution is -2.16. The van der Waals surface area contributed by atoms with Crippen LogP contribution in [0.2, 0.25) is 0 Å². The second kappa shape index (κ2) is 3.63. The number of hydrogen-bond donors (Lipinski definition) is 1. The summed E-state index contributed by atoms with van der Waals surface area (Å²) in [4.78, 5) is 15.7. The second-order valence-corrected chi connectivity index (χ2v) is 4.30. The standard InChI is InChI=1S/C12H13N3O/c16-12-7-11(10-3-5-13-6-4-10)14-15(12)8-9-1-2-9/h3-7,9,14H,1-2,8H2. The lowest BCUT2D eigenvalue weighted by Gasteiger charge is -1.99. The summed E-state index contributed by atoms with van der Waals surface area (Å²) in [6.07, 6.45) is 5.95. The number of aromatic amines is 1. The minimum atomic E-state index is 0.0544. The highest BCUT2D eigenvalue weighted by Gasteiger charge is 2.22. The van der Waals surface area contributed by atoms with Crippen LogP contribution in [0.15, 0.2) is 35.4 Å². The molecular weight excluding hydrogens is 202 g/mol. The molecule has 1 saturated carbocycles. The maximum absolute atomic E-state index is 11.7. The van der Waals surface area contributed by atoms with E-state index in [0.29, 0.717) is 5.92 Å². The van der Waals surface area contributed by atoms with Crippen molar-refractivity contribution < 1.29 is 0 Å². The predicted octanol–water partition coefficient (Wildman–Crippen LogP) is 1.65. The van der Waals surface area contributed by atoms with E-state index >= 15 is 0 Å². The maximum Gasteiger partial charge on any atom is 0.267 e. The third-order valence-electron chi connectivity index (χ3n) is 2.92. The summed E-state index contributed by atoms with van der Waals surface area (Å²) >= 11 is 0. The van der Waals surface area contributed by atoms with Crippen LogP contribution in [-0.4, -0.2) is 14.8 Å². The monoisotopic (exact) mass is 215 g/mol. The summed E-state index contributed by atoms with van der Waals surface area (Å²) in [6.45, 7) is 0.823. The van der Waals surface area contributed by atoms with E-state index in [0.717, 1.165) is 17.8 Å². The molecule has 2 aromatic rings. The topological polar surface area (TPSA) is 50.7 Å². The molecule has 0 aliphatic heterocycles. The summed E-state index contributed by atoms with van der Waals surface area (Å²) in [5, 5.41) is 3.15. The van der Waals surface area contributed by atoms with Crippen molar-refractivity contribution in [2.24, 2.45) is 5.92 Å². The SMILES string of the molecule is O=c1cc(-c2ccncc2)[nH]n1CC1CC1. The molecule has 0 spiro atoms. The molecule has 0 bridgehead atoms. The zero-order valence-electron chi connectivity index (χ0n) is 8.89. The molecule has 0 aromatic carbocycles. The molecule has 4 heteroatoms. The lowest BCUT2D eigenvalue weighted by atomic mass is 10.2. The molecule has 1 fully saturated rings. The molecule has 2 aromatic heterocycles. The Labute approximate surface area is 92.9 Å². The average molecular weight is 215 g/mol. The normalized spacial score (nSPS) is 15.2. The van der Waals surface area contributed by atoms with Crippen LogP contribution in [-0.2, 0) is 6.54 Å². The van der Waals surface area contributed by atoms with Crippen LogP contribution >= 0.6 is 0 Å². The number of H-pyrrole nitrogens is 1. The fraction of sp³-hybridized carbons (Fsp3) is 0.333. The van der Waals surface area contributed by atoms with Crippen molar-refractivity contribution in [2.45, 2.75) is 19.4 Å². The van der Waals surface area contributed by atoms with E-state index in [9.17, 15) is 4.79 Å². The Morgan fingerprint density at radius 2 is 2.12 bits per heavy atom. The van der Waals surface area contributed by atoms with Gasteiger partial charge in [-0.05, 0) is 30.9 Å². The number of aromatic nitrogens is 3. The fourth-order valence-electron chi connectivity index (χ4n) is 1.81. The maximum atomic E-state index is 11.7. The zero-order chi connectivity index (χ0) is 11.0. The fourth-order valence-corrected chi connectivity index (χ4v) is 1.81. The van der Waals surface area contributed by atoms with Gasteiger partial charge in [0.25, 0.3) is 5.56 Å². The molecule has 0 unspecified atom stereocenters. The van der Waals surface area contributed by atoms with Gasteiger partial charge in [-0.25, -0.2) is 0 Å². The smallest absolute Gasteiger partial charge is 0.267 e. The first-order chi connectivity index (χ1) is 7.83. The third kappa shape index (κ3) is 1.78. The summed E-state index contributed by atoms with van der Waals surface area (Å²) in [6, 6.07) is 5.44.